The van der Waals surface area contributed by atoms with Crippen LogP contribution in [0, 0.1) is 0 Å². The second kappa shape index (κ2) is 5.66. The summed E-state index contributed by atoms with van der Waals surface area (Å²) in [5.74, 6) is 1.01. The van der Waals surface area contributed by atoms with Gasteiger partial charge in [-0.25, -0.2) is 9.78 Å². The summed E-state index contributed by atoms with van der Waals surface area (Å²) < 4.78 is 5.54. The zero-order chi connectivity index (χ0) is 16.8. The van der Waals surface area contributed by atoms with Gasteiger partial charge in [0.1, 0.15) is 10.8 Å². The molecule has 0 unspecified atom stereocenters. The summed E-state index contributed by atoms with van der Waals surface area (Å²) in [6.07, 6.45) is 6.01. The van der Waals surface area contributed by atoms with E-state index in [1.807, 2.05) is 30.5 Å². The van der Waals surface area contributed by atoms with Crippen LogP contribution in [-0.4, -0.2) is 38.3 Å². The van der Waals surface area contributed by atoms with Gasteiger partial charge in [-0.3, -0.25) is 4.90 Å². The van der Waals surface area contributed by atoms with Gasteiger partial charge >= 0.3 is 6.03 Å². The largest absolute Gasteiger partial charge is 0.357 e. The predicted octanol–water partition coefficient (Wildman–Crippen LogP) is 2.99. The molecule has 0 bridgehead atoms. The zero-order valence-electron chi connectivity index (χ0n) is 13.5. The van der Waals surface area contributed by atoms with E-state index in [0.717, 1.165) is 40.9 Å². The van der Waals surface area contributed by atoms with Crippen LogP contribution in [0.25, 0.3) is 11.3 Å². The molecule has 7 nitrogen and oxygen atoms in total. The van der Waals surface area contributed by atoms with Gasteiger partial charge in [-0.2, -0.15) is 14.2 Å². The minimum Gasteiger partial charge on any atom is -0.357 e. The number of hydrogen-bond donors (Lipinski definition) is 0. The van der Waals surface area contributed by atoms with Crippen LogP contribution in [0.15, 0.2) is 36.7 Å². The van der Waals surface area contributed by atoms with E-state index in [0.29, 0.717) is 6.54 Å². The van der Waals surface area contributed by atoms with E-state index < -0.39 is 0 Å². The van der Waals surface area contributed by atoms with Crippen molar-refractivity contribution in [3.05, 3.63) is 42.4 Å². The first kappa shape index (κ1) is 14.6. The number of pyridine rings is 1. The molecule has 3 aromatic heterocycles. The maximum Gasteiger partial charge on any atom is 0.350 e. The Morgan fingerprint density at radius 3 is 2.68 bits per heavy atom. The summed E-state index contributed by atoms with van der Waals surface area (Å²) >= 11 is 1.31. The molecule has 2 aliphatic heterocycles. The minimum absolute atomic E-state index is 0.132. The highest BCUT2D eigenvalue weighted by Crippen LogP contribution is 2.30. The van der Waals surface area contributed by atoms with Crippen LogP contribution < -0.4 is 9.80 Å². The molecule has 1 fully saturated rings. The molecular formula is C17H16N6OS. The number of anilines is 2. The van der Waals surface area contributed by atoms with Gasteiger partial charge in [0.15, 0.2) is 0 Å². The van der Waals surface area contributed by atoms with Crippen LogP contribution in [-0.2, 0) is 6.54 Å². The first-order valence-corrected chi connectivity index (χ1v) is 9.10. The Hall–Kier alpha value is -2.74. The Labute approximate surface area is 148 Å². The summed E-state index contributed by atoms with van der Waals surface area (Å²) in [4.78, 5) is 21.1. The summed E-state index contributed by atoms with van der Waals surface area (Å²) in [6, 6.07) is 7.75. The zero-order valence-corrected chi connectivity index (χ0v) is 14.3. The molecule has 0 radical (unpaired) electrons. The molecule has 5 heterocycles. The third kappa shape index (κ3) is 2.41. The van der Waals surface area contributed by atoms with Gasteiger partial charge in [0, 0.05) is 31.0 Å². The molecule has 2 aliphatic rings. The number of carbonyl (C=O) groups excluding carboxylic acids is 1. The number of rotatable bonds is 3. The average Bonchev–Trinajstić information content (AvgIpc) is 3.42. The topological polar surface area (TPSA) is 67.2 Å². The number of amides is 1. The fraction of sp³-hybridized carbons (Fsp3) is 0.294. The van der Waals surface area contributed by atoms with Crippen molar-refractivity contribution < 1.29 is 4.79 Å². The van der Waals surface area contributed by atoms with Crippen LogP contribution in [0.5, 0.6) is 0 Å². The van der Waals surface area contributed by atoms with Crippen molar-refractivity contribution in [1.82, 2.24) is 19.1 Å². The van der Waals surface area contributed by atoms with Crippen molar-refractivity contribution in [2.45, 2.75) is 19.4 Å². The second-order valence-corrected chi connectivity index (χ2v) is 7.06. The van der Waals surface area contributed by atoms with Crippen LogP contribution in [0.1, 0.15) is 18.5 Å². The van der Waals surface area contributed by atoms with Crippen molar-refractivity contribution in [3.63, 3.8) is 0 Å². The summed E-state index contributed by atoms with van der Waals surface area (Å²) in [5, 5.41) is 5.33. The number of hydrogen-bond acceptors (Lipinski definition) is 6. The molecule has 3 aromatic rings. The quantitative estimate of drug-likeness (QED) is 0.725. The van der Waals surface area contributed by atoms with Crippen molar-refractivity contribution in [1.29, 1.82) is 0 Å². The van der Waals surface area contributed by atoms with Crippen LogP contribution in [0.4, 0.5) is 15.6 Å². The lowest BCUT2D eigenvalue weighted by atomic mass is 10.2. The molecule has 126 valence electrons. The molecule has 1 amide bonds. The van der Waals surface area contributed by atoms with Gasteiger partial charge in [0.25, 0.3) is 0 Å². The lowest BCUT2D eigenvalue weighted by molar-refractivity contribution is 0.248. The molecule has 0 saturated carbocycles. The van der Waals surface area contributed by atoms with Gasteiger partial charge < -0.3 is 4.90 Å². The molecule has 1 saturated heterocycles. The Balaban J connectivity index is 1.40. The Kier molecular flexibility index (Phi) is 3.30. The molecule has 0 aliphatic carbocycles. The van der Waals surface area contributed by atoms with Gasteiger partial charge in [0.2, 0.25) is 0 Å². The maximum atomic E-state index is 12.6. The van der Waals surface area contributed by atoms with E-state index in [4.69, 9.17) is 0 Å². The van der Waals surface area contributed by atoms with Gasteiger partial charge in [-0.05, 0) is 48.6 Å². The number of carbonyl (C=O) groups is 1. The molecule has 0 N–H and O–H groups in total. The first-order chi connectivity index (χ1) is 12.3. The summed E-state index contributed by atoms with van der Waals surface area (Å²) in [5.41, 5.74) is 2.60. The van der Waals surface area contributed by atoms with E-state index in [2.05, 4.69) is 19.4 Å². The minimum atomic E-state index is -0.132. The van der Waals surface area contributed by atoms with E-state index in [9.17, 15) is 4.79 Å². The summed E-state index contributed by atoms with van der Waals surface area (Å²) in [7, 11) is 0. The normalized spacial score (nSPS) is 16.7. The van der Waals surface area contributed by atoms with E-state index in [1.54, 1.807) is 11.1 Å². The van der Waals surface area contributed by atoms with Gasteiger partial charge in [-0.1, -0.05) is 0 Å². The van der Waals surface area contributed by atoms with Crippen LogP contribution in [0.3, 0.4) is 0 Å². The standard InChI is InChI=1S/C17H16N6OS/c24-17-22(16-5-6-19-25-16)11-13-9-14(20-23(13)17)12-3-4-15(18-10-12)21-7-1-2-8-21/h3-6,9-10H,1-2,7-8,11H2. The maximum absolute atomic E-state index is 12.6. The van der Waals surface area contributed by atoms with E-state index in [1.165, 1.54) is 29.1 Å². The molecule has 0 atom stereocenters. The average molecular weight is 352 g/mol. The van der Waals surface area contributed by atoms with E-state index >= 15 is 0 Å². The Bertz CT molecular complexity index is 911. The monoisotopic (exact) mass is 352 g/mol. The first-order valence-electron chi connectivity index (χ1n) is 8.32. The third-order valence-electron chi connectivity index (χ3n) is 4.68. The molecule has 0 spiro atoms. The molecule has 8 heteroatoms. The lowest BCUT2D eigenvalue weighted by Crippen LogP contribution is -2.25. The van der Waals surface area contributed by atoms with Crippen molar-refractivity contribution >= 4 is 28.4 Å². The van der Waals surface area contributed by atoms with Gasteiger partial charge in [0.05, 0.1) is 17.9 Å². The second-order valence-electron chi connectivity index (χ2n) is 6.25. The molecule has 0 aromatic carbocycles. The highest BCUT2D eigenvalue weighted by Gasteiger charge is 2.31. The van der Waals surface area contributed by atoms with Crippen molar-refractivity contribution in [3.8, 4) is 11.3 Å². The van der Waals surface area contributed by atoms with E-state index in [-0.39, 0.29) is 6.03 Å². The fourth-order valence-electron chi connectivity index (χ4n) is 3.37. The lowest BCUT2D eigenvalue weighted by Gasteiger charge is -2.16. The predicted molar refractivity (Wildman–Crippen MR) is 96.0 cm³/mol. The highest BCUT2D eigenvalue weighted by molar-refractivity contribution is 7.10. The number of aromatic nitrogens is 4. The molecule has 5 rings (SSSR count). The highest BCUT2D eigenvalue weighted by atomic mass is 32.1. The smallest absolute Gasteiger partial charge is 0.350 e. The number of nitrogens with zero attached hydrogens (tertiary/aromatic N) is 6. The Morgan fingerprint density at radius 2 is 2.00 bits per heavy atom. The van der Waals surface area contributed by atoms with Crippen molar-refractivity contribution in [2.24, 2.45) is 0 Å². The third-order valence-corrected chi connectivity index (χ3v) is 5.45. The van der Waals surface area contributed by atoms with Crippen LogP contribution in [0.2, 0.25) is 0 Å². The molecular weight excluding hydrogens is 336 g/mol. The van der Waals surface area contributed by atoms with Crippen LogP contribution >= 0.6 is 11.5 Å². The van der Waals surface area contributed by atoms with Gasteiger partial charge in [-0.15, -0.1) is 0 Å². The SMILES string of the molecule is O=C1N(c2ccns2)Cc2cc(-c3ccc(N4CCCC4)nc3)nn21. The fourth-order valence-corrected chi connectivity index (χ4v) is 3.97. The Morgan fingerprint density at radius 1 is 1.12 bits per heavy atom. The van der Waals surface area contributed by atoms with Crippen molar-refractivity contribution in [2.75, 3.05) is 22.9 Å². The summed E-state index contributed by atoms with van der Waals surface area (Å²) in [6.45, 7) is 2.67. The molecule has 25 heavy (non-hydrogen) atoms. The number of fused-ring (bicyclic) bond motifs is 1.